The summed E-state index contributed by atoms with van der Waals surface area (Å²) in [5.74, 6) is 3.27. The van der Waals surface area contributed by atoms with Crippen molar-refractivity contribution in [3.05, 3.63) is 23.7 Å². The van der Waals surface area contributed by atoms with E-state index in [2.05, 4.69) is 20.6 Å². The van der Waals surface area contributed by atoms with Gasteiger partial charge in [-0.25, -0.2) is 9.98 Å². The second-order valence-corrected chi connectivity index (χ2v) is 4.47. The van der Waals surface area contributed by atoms with Crippen LogP contribution in [0.4, 0.5) is 0 Å². The first-order valence-electron chi connectivity index (χ1n) is 5.93. The first-order chi connectivity index (χ1) is 8.54. The molecule has 1 aliphatic rings. The number of hydrogen-bond acceptors (Lipinski definition) is 4. The highest BCUT2D eigenvalue weighted by molar-refractivity contribution is 6.00. The maximum absolute atomic E-state index is 5.47. The van der Waals surface area contributed by atoms with E-state index >= 15 is 0 Å². The Hall–Kier alpha value is -1.98. The van der Waals surface area contributed by atoms with Gasteiger partial charge in [0, 0.05) is 14.1 Å². The van der Waals surface area contributed by atoms with E-state index in [4.69, 9.17) is 4.42 Å². The van der Waals surface area contributed by atoms with Crippen molar-refractivity contribution in [3.63, 3.8) is 0 Å². The van der Waals surface area contributed by atoms with Crippen LogP contribution in [0.3, 0.4) is 0 Å². The Labute approximate surface area is 107 Å². The average Bonchev–Trinajstić information content (AvgIpc) is 2.72. The highest BCUT2D eigenvalue weighted by atomic mass is 16.3. The molecule has 0 bridgehead atoms. The lowest BCUT2D eigenvalue weighted by atomic mass is 10.4. The van der Waals surface area contributed by atoms with Crippen LogP contribution in [-0.4, -0.2) is 37.1 Å². The van der Waals surface area contributed by atoms with Gasteiger partial charge in [-0.1, -0.05) is 0 Å². The second kappa shape index (κ2) is 5.12. The van der Waals surface area contributed by atoms with Crippen LogP contribution in [0.25, 0.3) is 0 Å². The third kappa shape index (κ3) is 3.03. The molecule has 1 atom stereocenters. The van der Waals surface area contributed by atoms with Crippen molar-refractivity contribution in [3.8, 4) is 0 Å². The Kier molecular flexibility index (Phi) is 3.55. The van der Waals surface area contributed by atoms with Gasteiger partial charge in [0.2, 0.25) is 5.96 Å². The maximum atomic E-state index is 5.47. The first kappa shape index (κ1) is 12.5. The molecule has 0 amide bonds. The summed E-state index contributed by atoms with van der Waals surface area (Å²) in [6, 6.07) is 3.87. The molecule has 0 radical (unpaired) electrons. The monoisotopic (exact) mass is 249 g/mol. The van der Waals surface area contributed by atoms with Gasteiger partial charge in [-0.05, 0) is 26.0 Å². The summed E-state index contributed by atoms with van der Waals surface area (Å²) < 4.78 is 5.47. The van der Waals surface area contributed by atoms with Gasteiger partial charge in [0.05, 0.1) is 0 Å². The van der Waals surface area contributed by atoms with Gasteiger partial charge in [-0.15, -0.1) is 0 Å². The van der Waals surface area contributed by atoms with Crippen LogP contribution in [0.2, 0.25) is 0 Å². The molecule has 0 saturated heterocycles. The predicted octanol–water partition coefficient (Wildman–Crippen LogP) is 0.900. The quantitative estimate of drug-likeness (QED) is 0.817. The van der Waals surface area contributed by atoms with Crippen LogP contribution >= 0.6 is 0 Å². The normalized spacial score (nSPS) is 21.2. The Balaban J connectivity index is 2.03. The van der Waals surface area contributed by atoms with Gasteiger partial charge >= 0.3 is 0 Å². The third-order valence-electron chi connectivity index (χ3n) is 2.50. The average molecular weight is 249 g/mol. The molecule has 2 rings (SSSR count). The molecule has 0 aromatic carbocycles. The van der Waals surface area contributed by atoms with Crippen molar-refractivity contribution in [2.45, 2.75) is 26.6 Å². The standard InChI is InChI=1S/C12H19N5O/c1-8-5-6-10(18-8)7-13-11-14-9(2)15-12(16-11)17(3)4/h5-6,9H,7H2,1-4H3,(H2,13,14,15,16). The number of nitrogens with one attached hydrogen (secondary N) is 2. The molecular weight excluding hydrogens is 230 g/mol. The predicted molar refractivity (Wildman–Crippen MR) is 71.4 cm³/mol. The fourth-order valence-corrected chi connectivity index (χ4v) is 1.63. The lowest BCUT2D eigenvalue weighted by Gasteiger charge is -2.26. The van der Waals surface area contributed by atoms with E-state index in [1.165, 1.54) is 0 Å². The van der Waals surface area contributed by atoms with E-state index in [0.29, 0.717) is 6.54 Å². The number of guanidine groups is 2. The van der Waals surface area contributed by atoms with Crippen molar-refractivity contribution >= 4 is 11.9 Å². The SMILES string of the molecule is Cc1ccc(CN=C2NC(N(C)C)=NC(C)N2)o1. The van der Waals surface area contributed by atoms with Gasteiger partial charge in [-0.3, -0.25) is 5.32 Å². The van der Waals surface area contributed by atoms with E-state index in [9.17, 15) is 0 Å². The summed E-state index contributed by atoms with van der Waals surface area (Å²) >= 11 is 0. The van der Waals surface area contributed by atoms with Crippen LogP contribution in [-0.2, 0) is 6.54 Å². The second-order valence-electron chi connectivity index (χ2n) is 4.47. The number of furan rings is 1. The summed E-state index contributed by atoms with van der Waals surface area (Å²) in [6.07, 6.45) is 0.0146. The molecule has 1 aliphatic heterocycles. The Morgan fingerprint density at radius 3 is 2.83 bits per heavy atom. The fourth-order valence-electron chi connectivity index (χ4n) is 1.63. The molecule has 1 unspecified atom stereocenters. The molecule has 2 heterocycles. The van der Waals surface area contributed by atoms with E-state index in [-0.39, 0.29) is 6.17 Å². The Bertz CT molecular complexity index is 475. The summed E-state index contributed by atoms with van der Waals surface area (Å²) in [6.45, 7) is 4.42. The third-order valence-corrected chi connectivity index (χ3v) is 2.50. The number of hydrogen-bond donors (Lipinski definition) is 2. The molecular formula is C12H19N5O. The van der Waals surface area contributed by atoms with Gasteiger partial charge in [0.1, 0.15) is 24.2 Å². The van der Waals surface area contributed by atoms with Gasteiger partial charge < -0.3 is 14.6 Å². The summed E-state index contributed by atoms with van der Waals surface area (Å²) in [5, 5.41) is 6.29. The fraction of sp³-hybridized carbons (Fsp3) is 0.500. The van der Waals surface area contributed by atoms with E-state index < -0.39 is 0 Å². The lowest BCUT2D eigenvalue weighted by Crippen LogP contribution is -2.53. The van der Waals surface area contributed by atoms with Crippen LogP contribution in [0, 0.1) is 6.92 Å². The van der Waals surface area contributed by atoms with E-state index in [1.54, 1.807) is 0 Å². The van der Waals surface area contributed by atoms with Crippen molar-refractivity contribution in [1.29, 1.82) is 0 Å². The first-order valence-corrected chi connectivity index (χ1v) is 5.93. The molecule has 1 aromatic rings. The largest absolute Gasteiger partial charge is 0.464 e. The molecule has 0 aliphatic carbocycles. The maximum Gasteiger partial charge on any atom is 0.202 e. The van der Waals surface area contributed by atoms with Crippen molar-refractivity contribution in [2.24, 2.45) is 9.98 Å². The molecule has 1 aromatic heterocycles. The zero-order valence-corrected chi connectivity index (χ0v) is 11.2. The number of nitrogens with zero attached hydrogens (tertiary/aromatic N) is 3. The minimum atomic E-state index is 0.0146. The Morgan fingerprint density at radius 1 is 1.44 bits per heavy atom. The molecule has 6 nitrogen and oxygen atoms in total. The van der Waals surface area contributed by atoms with E-state index in [1.807, 2.05) is 45.0 Å². The summed E-state index contributed by atoms with van der Waals surface area (Å²) in [4.78, 5) is 10.8. The number of aryl methyl sites for hydroxylation is 1. The highest BCUT2D eigenvalue weighted by Crippen LogP contribution is 2.07. The number of aliphatic imine (C=N–C) groups is 2. The molecule has 98 valence electrons. The molecule has 18 heavy (non-hydrogen) atoms. The smallest absolute Gasteiger partial charge is 0.202 e. The summed E-state index contributed by atoms with van der Waals surface area (Å²) in [5.41, 5.74) is 0. The van der Waals surface area contributed by atoms with Gasteiger partial charge in [0.25, 0.3) is 0 Å². The van der Waals surface area contributed by atoms with Crippen molar-refractivity contribution < 1.29 is 4.42 Å². The molecule has 0 fully saturated rings. The van der Waals surface area contributed by atoms with Gasteiger partial charge in [-0.2, -0.15) is 0 Å². The molecule has 0 saturated carbocycles. The highest BCUT2D eigenvalue weighted by Gasteiger charge is 2.15. The van der Waals surface area contributed by atoms with Crippen LogP contribution in [0.1, 0.15) is 18.4 Å². The molecule has 6 heteroatoms. The summed E-state index contributed by atoms with van der Waals surface area (Å²) in [7, 11) is 3.88. The molecule has 0 spiro atoms. The Morgan fingerprint density at radius 2 is 2.22 bits per heavy atom. The van der Waals surface area contributed by atoms with Gasteiger partial charge in [0.15, 0.2) is 5.96 Å². The van der Waals surface area contributed by atoms with Crippen molar-refractivity contribution in [1.82, 2.24) is 15.5 Å². The van der Waals surface area contributed by atoms with Crippen LogP contribution < -0.4 is 10.6 Å². The lowest BCUT2D eigenvalue weighted by molar-refractivity contribution is 0.484. The zero-order chi connectivity index (χ0) is 13.1. The minimum absolute atomic E-state index is 0.0146. The molecule has 2 N–H and O–H groups in total. The van der Waals surface area contributed by atoms with Crippen LogP contribution in [0.15, 0.2) is 26.5 Å². The van der Waals surface area contributed by atoms with E-state index in [0.717, 1.165) is 23.4 Å². The minimum Gasteiger partial charge on any atom is -0.464 e. The zero-order valence-electron chi connectivity index (χ0n) is 11.2. The van der Waals surface area contributed by atoms with Crippen molar-refractivity contribution in [2.75, 3.05) is 14.1 Å². The number of rotatable bonds is 2. The topological polar surface area (TPSA) is 65.2 Å². The van der Waals surface area contributed by atoms with Crippen LogP contribution in [0.5, 0.6) is 0 Å².